The fourth-order valence-corrected chi connectivity index (χ4v) is 2.71. The van der Waals surface area contributed by atoms with Crippen molar-refractivity contribution in [2.45, 2.75) is 0 Å². The lowest BCUT2D eigenvalue weighted by atomic mass is 10.2. The number of amides is 2. The van der Waals surface area contributed by atoms with Gasteiger partial charge in [-0.2, -0.15) is 0 Å². The highest BCUT2D eigenvalue weighted by Gasteiger charge is 2.14. The zero-order chi connectivity index (χ0) is 16.4. The number of aromatic nitrogens is 1. The Bertz CT molecular complexity index is 907. The van der Waals surface area contributed by atoms with Crippen LogP contribution in [0.15, 0.2) is 53.1 Å². The molecular formula is C16H11BrFN3O2. The maximum Gasteiger partial charge on any atom is 0.271 e. The molecule has 23 heavy (non-hydrogen) atoms. The summed E-state index contributed by atoms with van der Waals surface area (Å²) < 4.78 is 13.3. The molecule has 5 nitrogen and oxygen atoms in total. The first-order valence-electron chi connectivity index (χ1n) is 6.68. The molecule has 116 valence electrons. The minimum atomic E-state index is -0.551. The van der Waals surface area contributed by atoms with Crippen molar-refractivity contribution in [3.63, 3.8) is 0 Å². The number of rotatable bonds is 2. The number of para-hydroxylation sites is 1. The first-order chi connectivity index (χ1) is 11.1. The van der Waals surface area contributed by atoms with Gasteiger partial charge in [0, 0.05) is 21.6 Å². The molecule has 0 saturated carbocycles. The molecule has 3 N–H and O–H groups in total. The van der Waals surface area contributed by atoms with Crippen LogP contribution in [0.25, 0.3) is 10.9 Å². The summed E-state index contributed by atoms with van der Waals surface area (Å²) in [5.41, 5.74) is 6.11. The number of halogens is 2. The highest BCUT2D eigenvalue weighted by Crippen LogP contribution is 2.18. The summed E-state index contributed by atoms with van der Waals surface area (Å²) in [6.07, 6.45) is 1.57. The number of H-pyrrole nitrogens is 1. The molecule has 0 aliphatic carbocycles. The summed E-state index contributed by atoms with van der Waals surface area (Å²) >= 11 is 3.11. The predicted octanol–water partition coefficient (Wildman–Crippen LogP) is 3.14. The molecule has 3 aromatic rings. The summed E-state index contributed by atoms with van der Waals surface area (Å²) in [5, 5.41) is 0.752. The molecule has 0 fully saturated rings. The monoisotopic (exact) mass is 375 g/mol. The van der Waals surface area contributed by atoms with Gasteiger partial charge < -0.3 is 4.98 Å². The smallest absolute Gasteiger partial charge is 0.271 e. The van der Waals surface area contributed by atoms with Crippen molar-refractivity contribution >= 4 is 38.6 Å². The lowest BCUT2D eigenvalue weighted by Crippen LogP contribution is -2.41. The lowest BCUT2D eigenvalue weighted by molar-refractivity contribution is 0.0847. The molecule has 0 saturated heterocycles. The minimum Gasteiger partial charge on any atom is -0.360 e. The van der Waals surface area contributed by atoms with Crippen LogP contribution >= 0.6 is 15.9 Å². The van der Waals surface area contributed by atoms with Gasteiger partial charge in [-0.1, -0.05) is 18.2 Å². The van der Waals surface area contributed by atoms with Gasteiger partial charge >= 0.3 is 0 Å². The van der Waals surface area contributed by atoms with Crippen LogP contribution in [0, 0.1) is 5.82 Å². The quantitative estimate of drug-likeness (QED) is 0.602. The van der Waals surface area contributed by atoms with Crippen molar-refractivity contribution in [3.05, 3.63) is 70.1 Å². The summed E-state index contributed by atoms with van der Waals surface area (Å²) in [6.45, 7) is 0. The van der Waals surface area contributed by atoms with Gasteiger partial charge in [-0.25, -0.2) is 4.39 Å². The molecule has 0 aliphatic heterocycles. The van der Waals surface area contributed by atoms with E-state index in [1.807, 2.05) is 18.2 Å². The molecule has 3 rings (SSSR count). The van der Waals surface area contributed by atoms with E-state index >= 15 is 0 Å². The van der Waals surface area contributed by atoms with Crippen molar-refractivity contribution in [2.24, 2.45) is 0 Å². The molecule has 0 aliphatic rings. The molecule has 2 aromatic carbocycles. The Morgan fingerprint density at radius 3 is 2.43 bits per heavy atom. The van der Waals surface area contributed by atoms with E-state index in [1.165, 1.54) is 18.2 Å². The summed E-state index contributed by atoms with van der Waals surface area (Å²) in [5.74, 6) is -1.46. The molecule has 0 bridgehead atoms. The molecule has 0 unspecified atom stereocenters. The maximum absolute atomic E-state index is 13.0. The normalized spacial score (nSPS) is 10.5. The van der Waals surface area contributed by atoms with Crippen LogP contribution in [0.2, 0.25) is 0 Å². The number of hydrazine groups is 1. The van der Waals surface area contributed by atoms with Crippen LogP contribution in [-0.4, -0.2) is 16.8 Å². The van der Waals surface area contributed by atoms with Gasteiger partial charge in [-0.15, -0.1) is 0 Å². The molecule has 7 heteroatoms. The number of hydrogen-bond donors (Lipinski definition) is 3. The van der Waals surface area contributed by atoms with Gasteiger partial charge in [0.05, 0.1) is 11.1 Å². The molecule has 1 heterocycles. The third kappa shape index (κ3) is 3.09. The van der Waals surface area contributed by atoms with Gasteiger partial charge in [0.1, 0.15) is 5.82 Å². The summed E-state index contributed by atoms with van der Waals surface area (Å²) in [7, 11) is 0. The zero-order valence-corrected chi connectivity index (χ0v) is 13.3. The molecule has 0 atom stereocenters. The molecule has 1 aromatic heterocycles. The predicted molar refractivity (Wildman–Crippen MR) is 87.3 cm³/mol. The van der Waals surface area contributed by atoms with Gasteiger partial charge in [0.25, 0.3) is 11.8 Å². The number of carbonyl (C=O) groups is 2. The third-order valence-corrected chi connectivity index (χ3v) is 3.96. The maximum atomic E-state index is 13.0. The average Bonchev–Trinajstić information content (AvgIpc) is 2.96. The minimum absolute atomic E-state index is 0.214. The van der Waals surface area contributed by atoms with Crippen LogP contribution in [0.4, 0.5) is 4.39 Å². The Balaban J connectivity index is 1.72. The Hall–Kier alpha value is -2.67. The Morgan fingerprint density at radius 2 is 1.70 bits per heavy atom. The van der Waals surface area contributed by atoms with Crippen molar-refractivity contribution in [2.75, 3.05) is 0 Å². The molecular weight excluding hydrogens is 365 g/mol. The third-order valence-electron chi connectivity index (χ3n) is 3.30. The van der Waals surface area contributed by atoms with E-state index in [2.05, 4.69) is 31.8 Å². The fourth-order valence-electron chi connectivity index (χ4n) is 2.18. The first-order valence-corrected chi connectivity index (χ1v) is 7.47. The van der Waals surface area contributed by atoms with Gasteiger partial charge in [-0.3, -0.25) is 20.4 Å². The van der Waals surface area contributed by atoms with Crippen LogP contribution in [0.3, 0.4) is 0 Å². The number of aromatic amines is 1. The van der Waals surface area contributed by atoms with Crippen LogP contribution in [0.5, 0.6) is 0 Å². The first kappa shape index (κ1) is 15.2. The number of carbonyl (C=O) groups excluding carboxylic acids is 2. The molecule has 0 radical (unpaired) electrons. The highest BCUT2D eigenvalue weighted by atomic mass is 79.9. The SMILES string of the molecule is O=C(NNC(=O)c1c[nH]c2ccccc12)c1ccc(F)cc1Br. The second-order valence-corrected chi connectivity index (χ2v) is 5.63. The van der Waals surface area contributed by atoms with Crippen molar-refractivity contribution < 1.29 is 14.0 Å². The van der Waals surface area contributed by atoms with E-state index in [0.717, 1.165) is 10.9 Å². The van der Waals surface area contributed by atoms with Crippen LogP contribution in [0.1, 0.15) is 20.7 Å². The Labute approximate surface area is 139 Å². The Morgan fingerprint density at radius 1 is 1.00 bits per heavy atom. The molecule has 2 amide bonds. The number of benzene rings is 2. The number of fused-ring (bicyclic) bond motifs is 1. The van der Waals surface area contributed by atoms with Crippen molar-refractivity contribution in [1.29, 1.82) is 0 Å². The Kier molecular flexibility index (Phi) is 4.12. The van der Waals surface area contributed by atoms with E-state index in [4.69, 9.17) is 0 Å². The molecule has 0 spiro atoms. The number of hydrogen-bond acceptors (Lipinski definition) is 2. The van der Waals surface area contributed by atoms with Crippen molar-refractivity contribution in [1.82, 2.24) is 15.8 Å². The van der Waals surface area contributed by atoms with Gasteiger partial charge in [0.2, 0.25) is 0 Å². The van der Waals surface area contributed by atoms with Crippen molar-refractivity contribution in [3.8, 4) is 0 Å². The van der Waals surface area contributed by atoms with E-state index in [-0.39, 0.29) is 5.56 Å². The highest BCUT2D eigenvalue weighted by molar-refractivity contribution is 9.10. The average molecular weight is 376 g/mol. The topological polar surface area (TPSA) is 74.0 Å². The van der Waals surface area contributed by atoms with Crippen LogP contribution < -0.4 is 10.9 Å². The largest absolute Gasteiger partial charge is 0.360 e. The van der Waals surface area contributed by atoms with E-state index in [0.29, 0.717) is 10.0 Å². The number of nitrogens with one attached hydrogen (secondary N) is 3. The summed E-state index contributed by atoms with van der Waals surface area (Å²) in [4.78, 5) is 27.2. The van der Waals surface area contributed by atoms with Gasteiger partial charge in [-0.05, 0) is 40.2 Å². The standard InChI is InChI=1S/C16H11BrFN3O2/c17-13-7-9(18)5-6-11(13)15(22)20-21-16(23)12-8-19-14-4-2-1-3-10(12)14/h1-8,19H,(H,20,22)(H,21,23). The van der Waals surface area contributed by atoms with E-state index < -0.39 is 17.6 Å². The van der Waals surface area contributed by atoms with Crippen LogP contribution in [-0.2, 0) is 0 Å². The second-order valence-electron chi connectivity index (χ2n) is 4.78. The second kappa shape index (κ2) is 6.21. The van der Waals surface area contributed by atoms with E-state index in [9.17, 15) is 14.0 Å². The lowest BCUT2D eigenvalue weighted by Gasteiger charge is -2.08. The van der Waals surface area contributed by atoms with E-state index in [1.54, 1.807) is 12.3 Å². The fraction of sp³-hybridized carbons (Fsp3) is 0. The zero-order valence-electron chi connectivity index (χ0n) is 11.7. The summed E-state index contributed by atoms with van der Waals surface area (Å²) in [6, 6.07) is 11.0. The van der Waals surface area contributed by atoms with Gasteiger partial charge in [0.15, 0.2) is 0 Å².